The predicted molar refractivity (Wildman–Crippen MR) is 126 cm³/mol. The first-order chi connectivity index (χ1) is 16.8. The molecule has 1 unspecified atom stereocenters. The third kappa shape index (κ3) is 5.59. The number of aromatic nitrogens is 2. The zero-order valence-electron chi connectivity index (χ0n) is 18.9. The van der Waals surface area contributed by atoms with Crippen LogP contribution in [0.4, 0.5) is 29.1 Å². The van der Waals surface area contributed by atoms with E-state index in [0.29, 0.717) is 22.5 Å². The number of benzene rings is 2. The lowest BCUT2D eigenvalue weighted by Crippen LogP contribution is -2.24. The second kappa shape index (κ2) is 10.5. The lowest BCUT2D eigenvalue weighted by molar-refractivity contribution is -0.605. The molecule has 0 amide bonds. The largest absolute Gasteiger partial charge is 0.619 e. The molecule has 4 aromatic rings. The summed E-state index contributed by atoms with van der Waals surface area (Å²) < 4.78 is 54.5. The quantitative estimate of drug-likeness (QED) is 0.159. The molecule has 2 aromatic heterocycles. The summed E-state index contributed by atoms with van der Waals surface area (Å²) in [5, 5.41) is 11.4. The van der Waals surface area contributed by atoms with Gasteiger partial charge in [-0.05, 0) is 47.4 Å². The van der Waals surface area contributed by atoms with Crippen molar-refractivity contribution in [1.29, 1.82) is 0 Å². The van der Waals surface area contributed by atoms with Crippen molar-refractivity contribution in [3.63, 3.8) is 0 Å². The van der Waals surface area contributed by atoms with Crippen LogP contribution in [0.1, 0.15) is 46.6 Å². The number of anilines is 2. The Labute approximate surface area is 200 Å². The van der Waals surface area contributed by atoms with Gasteiger partial charge in [0.2, 0.25) is 0 Å². The maximum atomic E-state index is 13.6. The average Bonchev–Trinajstić information content (AvgIpc) is 2.88. The Bertz CT molecular complexity index is 1250. The van der Waals surface area contributed by atoms with Crippen LogP contribution in [0.5, 0.6) is 0 Å². The predicted octanol–water partition coefficient (Wildman–Crippen LogP) is 6.73. The number of alkyl halides is 4. The van der Waals surface area contributed by atoms with Gasteiger partial charge in [0.1, 0.15) is 5.82 Å². The molecule has 0 aliphatic rings. The maximum absolute atomic E-state index is 13.6. The third-order valence-corrected chi connectivity index (χ3v) is 5.95. The Balaban J connectivity index is 1.72. The van der Waals surface area contributed by atoms with Crippen molar-refractivity contribution in [2.45, 2.75) is 25.2 Å². The van der Waals surface area contributed by atoms with Crippen LogP contribution in [-0.4, -0.2) is 12.0 Å². The summed E-state index contributed by atoms with van der Waals surface area (Å²) in [5.41, 5.74) is 1.59. The highest BCUT2D eigenvalue weighted by atomic mass is 19.3. The summed E-state index contributed by atoms with van der Waals surface area (Å²) in [5.74, 6) is 0.248. The molecule has 0 N–H and O–H groups in total. The molecule has 0 aliphatic carbocycles. The number of rotatable bonds is 8. The Morgan fingerprint density at radius 2 is 1.49 bits per heavy atom. The van der Waals surface area contributed by atoms with E-state index in [1.807, 2.05) is 54.4 Å². The smallest absolute Gasteiger partial charge is 0.264 e. The first-order valence-electron chi connectivity index (χ1n) is 11.0. The molecule has 1 atom stereocenters. The molecule has 0 bridgehead atoms. The van der Waals surface area contributed by atoms with Gasteiger partial charge in [0.25, 0.3) is 12.9 Å². The molecule has 4 rings (SSSR count). The van der Waals surface area contributed by atoms with Gasteiger partial charge < -0.3 is 10.1 Å². The van der Waals surface area contributed by atoms with Gasteiger partial charge in [-0.1, -0.05) is 36.4 Å². The number of pyridine rings is 2. The molecule has 2 heterocycles. The van der Waals surface area contributed by atoms with E-state index in [0.717, 1.165) is 28.9 Å². The van der Waals surface area contributed by atoms with Gasteiger partial charge in [0.05, 0.1) is 0 Å². The fraction of sp³-hybridized carbons (Fsp3) is 0.185. The zero-order chi connectivity index (χ0) is 24.9. The van der Waals surface area contributed by atoms with Gasteiger partial charge >= 0.3 is 0 Å². The summed E-state index contributed by atoms with van der Waals surface area (Å²) in [6, 6.07) is 20.3. The van der Waals surface area contributed by atoms with E-state index in [9.17, 15) is 22.8 Å². The lowest BCUT2D eigenvalue weighted by Gasteiger charge is -2.22. The third-order valence-electron chi connectivity index (χ3n) is 5.95. The molecular weight excluding hydrogens is 458 g/mol. The molecule has 4 nitrogen and oxygen atoms in total. The average molecular weight is 481 g/mol. The van der Waals surface area contributed by atoms with E-state index in [1.54, 1.807) is 18.3 Å². The van der Waals surface area contributed by atoms with Crippen molar-refractivity contribution >= 4 is 11.5 Å². The second-order valence-electron chi connectivity index (χ2n) is 8.16. The van der Waals surface area contributed by atoms with Gasteiger partial charge in [-0.2, -0.15) is 4.73 Å². The highest BCUT2D eigenvalue weighted by molar-refractivity contribution is 5.59. The Kier molecular flexibility index (Phi) is 7.29. The monoisotopic (exact) mass is 481 g/mol. The van der Waals surface area contributed by atoms with Gasteiger partial charge in [0, 0.05) is 48.1 Å². The van der Waals surface area contributed by atoms with Gasteiger partial charge in [-0.3, -0.25) is 0 Å². The van der Waals surface area contributed by atoms with E-state index in [1.165, 1.54) is 18.5 Å². The van der Waals surface area contributed by atoms with Crippen molar-refractivity contribution in [1.82, 2.24) is 4.98 Å². The van der Waals surface area contributed by atoms with Crippen LogP contribution in [0.25, 0.3) is 0 Å². The van der Waals surface area contributed by atoms with Crippen molar-refractivity contribution in [3.05, 3.63) is 124 Å². The molecule has 0 saturated heterocycles. The van der Waals surface area contributed by atoms with Crippen LogP contribution in [-0.2, 0) is 6.42 Å². The lowest BCUT2D eigenvalue weighted by atomic mass is 9.85. The Hall–Kier alpha value is -3.94. The summed E-state index contributed by atoms with van der Waals surface area (Å²) in [6.45, 7) is 0. The van der Waals surface area contributed by atoms with Gasteiger partial charge in [-0.15, -0.1) is 0 Å². The minimum atomic E-state index is -3.03. The minimum Gasteiger partial charge on any atom is -0.619 e. The molecule has 0 fully saturated rings. The molecule has 2 aromatic carbocycles. The summed E-state index contributed by atoms with van der Waals surface area (Å²) in [7, 11) is 1.88. The first-order valence-corrected chi connectivity index (χ1v) is 11.0. The SMILES string of the molecule is CN(c1ccccc1)c1ccc(C(Cc2cc[n+]([O-])cc2)c2ccc(C(F)F)c(C(F)F)c2)cn1. The fourth-order valence-electron chi connectivity index (χ4n) is 4.03. The van der Waals surface area contributed by atoms with Gasteiger partial charge in [-0.25, -0.2) is 22.5 Å². The normalized spacial score (nSPS) is 12.2. The van der Waals surface area contributed by atoms with Crippen LogP contribution in [0, 0.1) is 5.21 Å². The highest BCUT2D eigenvalue weighted by Gasteiger charge is 2.24. The standard InChI is InChI=1S/C27H23F4N3O/c1-33(21-5-3-2-4-6-21)25-10-8-20(17-32-25)23(15-18-11-13-34(35)14-12-18)19-7-9-22(26(28)29)24(16-19)27(30)31/h2-14,16-17,23,26-27H,15H2,1H3. The highest BCUT2D eigenvalue weighted by Crippen LogP contribution is 2.36. The minimum absolute atomic E-state index is 0.368. The number of nitrogens with zero attached hydrogens (tertiary/aromatic N) is 3. The van der Waals surface area contributed by atoms with Crippen molar-refractivity contribution < 1.29 is 22.3 Å². The number of halogens is 4. The maximum Gasteiger partial charge on any atom is 0.264 e. The zero-order valence-corrected chi connectivity index (χ0v) is 18.9. The van der Waals surface area contributed by atoms with Crippen LogP contribution in [0.3, 0.4) is 0 Å². The molecule has 35 heavy (non-hydrogen) atoms. The molecule has 0 aliphatic heterocycles. The molecular formula is C27H23F4N3O. The second-order valence-corrected chi connectivity index (χ2v) is 8.16. The van der Waals surface area contributed by atoms with Crippen LogP contribution >= 0.6 is 0 Å². The summed E-state index contributed by atoms with van der Waals surface area (Å²) in [6.07, 6.45) is -1.29. The summed E-state index contributed by atoms with van der Waals surface area (Å²) in [4.78, 5) is 6.48. The van der Waals surface area contributed by atoms with Crippen LogP contribution < -0.4 is 9.63 Å². The van der Waals surface area contributed by atoms with Crippen molar-refractivity contribution in [3.8, 4) is 0 Å². The number of para-hydroxylation sites is 1. The van der Waals surface area contributed by atoms with E-state index in [4.69, 9.17) is 0 Å². The molecule has 0 radical (unpaired) electrons. The number of hydrogen-bond donors (Lipinski definition) is 0. The topological polar surface area (TPSA) is 43.1 Å². The van der Waals surface area contributed by atoms with Crippen molar-refractivity contribution in [2.75, 3.05) is 11.9 Å². The van der Waals surface area contributed by atoms with E-state index < -0.39 is 29.9 Å². The molecule has 180 valence electrons. The fourth-order valence-corrected chi connectivity index (χ4v) is 4.03. The Morgan fingerprint density at radius 1 is 0.829 bits per heavy atom. The summed E-state index contributed by atoms with van der Waals surface area (Å²) >= 11 is 0. The molecule has 0 saturated carbocycles. The van der Waals surface area contributed by atoms with E-state index in [-0.39, 0.29) is 0 Å². The van der Waals surface area contributed by atoms with E-state index >= 15 is 0 Å². The van der Waals surface area contributed by atoms with E-state index in [2.05, 4.69) is 4.98 Å². The van der Waals surface area contributed by atoms with Crippen LogP contribution in [0.15, 0.2) is 91.4 Å². The molecule has 0 spiro atoms. The molecule has 8 heteroatoms. The van der Waals surface area contributed by atoms with Crippen molar-refractivity contribution in [2.24, 2.45) is 0 Å². The van der Waals surface area contributed by atoms with Crippen LogP contribution in [0.2, 0.25) is 0 Å². The number of hydrogen-bond acceptors (Lipinski definition) is 3. The first kappa shape index (κ1) is 24.2. The Morgan fingerprint density at radius 3 is 2.09 bits per heavy atom. The van der Waals surface area contributed by atoms with Gasteiger partial charge in [0.15, 0.2) is 12.4 Å².